The van der Waals surface area contributed by atoms with Crippen molar-refractivity contribution in [3.05, 3.63) is 40.8 Å². The molecule has 1 aliphatic carbocycles. The number of imidazole rings is 1. The first-order valence-electron chi connectivity index (χ1n) is 9.90. The average Bonchev–Trinajstić information content (AvgIpc) is 3.59. The maximum atomic E-state index is 9.77. The summed E-state index contributed by atoms with van der Waals surface area (Å²) >= 11 is 1.57. The van der Waals surface area contributed by atoms with Crippen molar-refractivity contribution in [1.82, 2.24) is 9.55 Å². The number of nitriles is 2. The second kappa shape index (κ2) is 11.4. The molecule has 3 rings (SSSR count). The van der Waals surface area contributed by atoms with Gasteiger partial charge in [0.2, 0.25) is 0 Å². The highest BCUT2D eigenvalue weighted by Crippen LogP contribution is 2.45. The molecule has 11 nitrogen and oxygen atoms in total. The molecule has 2 unspecified atom stereocenters. The Morgan fingerprint density at radius 3 is 2.03 bits per heavy atom. The molecule has 174 valence electrons. The van der Waals surface area contributed by atoms with Gasteiger partial charge in [-0.25, -0.2) is 14.6 Å². The van der Waals surface area contributed by atoms with Crippen LogP contribution in [0.2, 0.25) is 0 Å². The van der Waals surface area contributed by atoms with Gasteiger partial charge in [-0.1, -0.05) is 11.8 Å². The number of aromatic nitrogens is 2. The fraction of sp³-hybridized carbons (Fsp3) is 0.381. The number of nitrogens with zero attached hydrogens (tertiary/aromatic N) is 4. The van der Waals surface area contributed by atoms with Gasteiger partial charge in [0.15, 0.2) is 12.2 Å². The first kappa shape index (κ1) is 25.8. The van der Waals surface area contributed by atoms with E-state index in [-0.39, 0.29) is 0 Å². The number of carbonyl (C=O) groups is 2. The summed E-state index contributed by atoms with van der Waals surface area (Å²) in [5, 5.41) is 51.9. The number of hydrogen-bond donors (Lipinski definition) is 5. The molecule has 2 aromatic rings. The maximum Gasteiger partial charge on any atom is 0.335 e. The second-order valence-electron chi connectivity index (χ2n) is 7.08. The van der Waals surface area contributed by atoms with Gasteiger partial charge in [-0.3, -0.25) is 0 Å². The fourth-order valence-corrected chi connectivity index (χ4v) is 4.14. The van der Waals surface area contributed by atoms with Gasteiger partial charge in [0, 0.05) is 17.4 Å². The van der Waals surface area contributed by atoms with Crippen LogP contribution in [0, 0.1) is 22.7 Å². The van der Waals surface area contributed by atoms with E-state index in [1.165, 1.54) is 12.8 Å². The zero-order valence-corrected chi connectivity index (χ0v) is 18.5. The molecule has 0 bridgehead atoms. The van der Waals surface area contributed by atoms with Crippen molar-refractivity contribution < 1.29 is 30.0 Å². The molecule has 0 amide bonds. The Kier molecular flexibility index (Phi) is 8.96. The number of nitrogens with two attached hydrogens (primary N) is 1. The van der Waals surface area contributed by atoms with E-state index >= 15 is 0 Å². The van der Waals surface area contributed by atoms with E-state index in [4.69, 9.17) is 41.7 Å². The van der Waals surface area contributed by atoms with Crippen LogP contribution in [0.25, 0.3) is 0 Å². The van der Waals surface area contributed by atoms with Crippen molar-refractivity contribution in [2.75, 3.05) is 0 Å². The minimum atomic E-state index is -2.27. The molecule has 0 aliphatic heterocycles. The lowest BCUT2D eigenvalue weighted by atomic mass is 10.1. The van der Waals surface area contributed by atoms with Crippen molar-refractivity contribution in [2.24, 2.45) is 5.73 Å². The minimum absolute atomic E-state index is 0.413. The van der Waals surface area contributed by atoms with Gasteiger partial charge in [0.25, 0.3) is 0 Å². The van der Waals surface area contributed by atoms with Crippen LogP contribution in [0.4, 0.5) is 0 Å². The van der Waals surface area contributed by atoms with Crippen molar-refractivity contribution in [2.45, 2.75) is 60.9 Å². The van der Waals surface area contributed by atoms with Gasteiger partial charge in [0.1, 0.15) is 10.9 Å². The summed E-state index contributed by atoms with van der Waals surface area (Å²) in [6, 6.07) is 9.47. The molecule has 1 aliphatic rings. The summed E-state index contributed by atoms with van der Waals surface area (Å²) in [7, 11) is 0. The highest BCUT2D eigenvalue weighted by atomic mass is 32.2. The number of benzene rings is 1. The lowest BCUT2D eigenvalue weighted by molar-refractivity contribution is -0.165. The first-order chi connectivity index (χ1) is 15.7. The van der Waals surface area contributed by atoms with Crippen LogP contribution < -0.4 is 5.73 Å². The first-order valence-corrected chi connectivity index (χ1v) is 10.7. The third-order valence-corrected chi connectivity index (χ3v) is 5.77. The van der Waals surface area contributed by atoms with E-state index in [1.807, 2.05) is 12.1 Å². The number of aliphatic carboxylic acids is 2. The van der Waals surface area contributed by atoms with Gasteiger partial charge in [-0.05, 0) is 38.0 Å². The smallest absolute Gasteiger partial charge is 0.335 e. The third-order valence-electron chi connectivity index (χ3n) is 4.67. The highest BCUT2D eigenvalue weighted by Gasteiger charge is 2.31. The number of aliphatic hydroxyl groups is 2. The zero-order chi connectivity index (χ0) is 24.7. The SMILES string of the molecule is CCn1c(CN)nc(C2CC2)c1Sc1cc(C#N)cc(C#N)c1.O=C(O)C(O)C(O)C(=O)O. The molecule has 0 spiro atoms. The van der Waals surface area contributed by atoms with Crippen LogP contribution >= 0.6 is 11.8 Å². The number of carboxylic acid groups (broad SMARTS) is 2. The molecule has 1 heterocycles. The lowest BCUT2D eigenvalue weighted by Gasteiger charge is -2.10. The summed E-state index contributed by atoms with van der Waals surface area (Å²) in [5.74, 6) is -2.12. The molecular formula is C21H23N5O6S. The Morgan fingerprint density at radius 1 is 1.15 bits per heavy atom. The Hall–Kier alpha value is -3.42. The Morgan fingerprint density at radius 2 is 1.67 bits per heavy atom. The molecule has 6 N–H and O–H groups in total. The quantitative estimate of drug-likeness (QED) is 0.365. The normalized spacial score (nSPS) is 14.2. The number of aliphatic hydroxyl groups excluding tert-OH is 2. The van der Waals surface area contributed by atoms with Crippen LogP contribution in [-0.2, 0) is 22.7 Å². The molecular weight excluding hydrogens is 450 g/mol. The maximum absolute atomic E-state index is 9.77. The van der Waals surface area contributed by atoms with E-state index in [2.05, 4.69) is 23.6 Å². The summed E-state index contributed by atoms with van der Waals surface area (Å²) in [4.78, 5) is 25.2. The van der Waals surface area contributed by atoms with E-state index in [1.54, 1.807) is 17.8 Å². The monoisotopic (exact) mass is 473 g/mol. The molecule has 33 heavy (non-hydrogen) atoms. The Balaban J connectivity index is 0.000000328. The predicted molar refractivity (Wildman–Crippen MR) is 115 cm³/mol. The summed E-state index contributed by atoms with van der Waals surface area (Å²) < 4.78 is 2.14. The van der Waals surface area contributed by atoms with Gasteiger partial charge >= 0.3 is 11.9 Å². The van der Waals surface area contributed by atoms with Crippen molar-refractivity contribution in [3.63, 3.8) is 0 Å². The van der Waals surface area contributed by atoms with E-state index < -0.39 is 24.1 Å². The van der Waals surface area contributed by atoms with E-state index in [9.17, 15) is 9.59 Å². The van der Waals surface area contributed by atoms with Crippen molar-refractivity contribution >= 4 is 23.7 Å². The van der Waals surface area contributed by atoms with Crippen LogP contribution in [0.15, 0.2) is 28.1 Å². The highest BCUT2D eigenvalue weighted by molar-refractivity contribution is 7.99. The average molecular weight is 474 g/mol. The van der Waals surface area contributed by atoms with Crippen LogP contribution in [0.5, 0.6) is 0 Å². The predicted octanol–water partition coefficient (Wildman–Crippen LogP) is 1.01. The third kappa shape index (κ3) is 6.54. The van der Waals surface area contributed by atoms with E-state index in [0.717, 1.165) is 28.0 Å². The summed E-state index contributed by atoms with van der Waals surface area (Å²) in [6.45, 7) is 3.29. The molecule has 0 radical (unpaired) electrons. The molecule has 1 aromatic carbocycles. The topological polar surface area (TPSA) is 206 Å². The van der Waals surface area contributed by atoms with Gasteiger partial charge < -0.3 is 30.7 Å². The lowest BCUT2D eigenvalue weighted by Crippen LogP contribution is -2.39. The van der Waals surface area contributed by atoms with Crippen molar-refractivity contribution in [1.29, 1.82) is 10.5 Å². The van der Waals surface area contributed by atoms with Crippen LogP contribution in [0.3, 0.4) is 0 Å². The number of rotatable bonds is 8. The zero-order valence-electron chi connectivity index (χ0n) is 17.7. The molecule has 2 atom stereocenters. The Bertz CT molecular complexity index is 1070. The van der Waals surface area contributed by atoms with Gasteiger partial charge in [-0.2, -0.15) is 10.5 Å². The fourth-order valence-electron chi connectivity index (χ4n) is 2.88. The van der Waals surface area contributed by atoms with Gasteiger partial charge in [0.05, 0.1) is 35.5 Å². The second-order valence-corrected chi connectivity index (χ2v) is 8.14. The summed E-state index contributed by atoms with van der Waals surface area (Å²) in [5.41, 5.74) is 7.95. The molecule has 1 aromatic heterocycles. The summed E-state index contributed by atoms with van der Waals surface area (Å²) in [6.07, 6.45) is -2.20. The standard InChI is InChI=1S/C17H17N5S.C4H6O6/c1-2-22-15(10-20)21-16(13-3-4-13)17(22)23-14-6-11(8-18)5-12(7-14)9-19;5-1(3(7)8)2(6)4(9)10/h5-7,13H,2-4,10,20H2,1H3;1-2,5-6H,(H,7,8)(H,9,10). The molecule has 1 saturated carbocycles. The van der Waals surface area contributed by atoms with Gasteiger partial charge in [-0.15, -0.1) is 0 Å². The van der Waals surface area contributed by atoms with Crippen LogP contribution in [-0.4, -0.2) is 54.1 Å². The molecule has 0 saturated heterocycles. The Labute approximate surface area is 193 Å². The molecule has 1 fully saturated rings. The van der Waals surface area contributed by atoms with Crippen molar-refractivity contribution in [3.8, 4) is 12.1 Å². The molecule has 12 heteroatoms. The van der Waals surface area contributed by atoms with E-state index in [0.29, 0.717) is 23.6 Å². The number of carboxylic acids is 2. The van der Waals surface area contributed by atoms with Crippen LogP contribution in [0.1, 0.15) is 48.3 Å². The number of hydrogen-bond acceptors (Lipinski definition) is 9. The largest absolute Gasteiger partial charge is 0.479 e. The minimum Gasteiger partial charge on any atom is -0.479 e.